The zero-order valence-corrected chi connectivity index (χ0v) is 11.2. The zero-order valence-electron chi connectivity index (χ0n) is 11.2. The molecule has 19 heavy (non-hydrogen) atoms. The molecule has 1 rings (SSSR count). The third-order valence-corrected chi connectivity index (χ3v) is 2.90. The Balaban J connectivity index is 2.60. The van der Waals surface area contributed by atoms with E-state index in [1.807, 2.05) is 0 Å². The summed E-state index contributed by atoms with van der Waals surface area (Å²) in [6.45, 7) is 4.83. The maximum absolute atomic E-state index is 11.8. The number of benzene rings is 1. The molecule has 0 aliphatic rings. The molecule has 0 saturated heterocycles. The Morgan fingerprint density at radius 3 is 2.47 bits per heavy atom. The predicted molar refractivity (Wildman–Crippen MR) is 74.9 cm³/mol. The van der Waals surface area contributed by atoms with Gasteiger partial charge in [0.2, 0.25) is 0 Å². The van der Waals surface area contributed by atoms with E-state index in [2.05, 4.69) is 19.2 Å². The molecular weight excluding hydrogens is 242 g/mol. The normalized spacial score (nSPS) is 12.3. The van der Waals surface area contributed by atoms with E-state index in [0.29, 0.717) is 18.0 Å². The number of rotatable bonds is 6. The minimum Gasteiger partial charge on any atom is -0.478 e. The van der Waals surface area contributed by atoms with Gasteiger partial charge in [0.05, 0.1) is 0 Å². The van der Waals surface area contributed by atoms with Crippen LogP contribution in [0, 0.1) is 5.92 Å². The molecular formula is C15H19NO3. The summed E-state index contributed by atoms with van der Waals surface area (Å²) in [7, 11) is 0. The third-order valence-electron chi connectivity index (χ3n) is 2.90. The molecule has 0 spiro atoms. The lowest BCUT2D eigenvalue weighted by atomic mass is 10.1. The fourth-order valence-corrected chi connectivity index (χ4v) is 1.43. The number of nitrogens with one attached hydrogen (secondary N) is 1. The van der Waals surface area contributed by atoms with Gasteiger partial charge in [-0.15, -0.1) is 0 Å². The molecule has 0 aliphatic carbocycles. The van der Waals surface area contributed by atoms with Gasteiger partial charge in [0.25, 0.3) is 5.91 Å². The maximum atomic E-state index is 11.8. The highest BCUT2D eigenvalue weighted by Gasteiger charge is 2.06. The molecule has 1 aromatic carbocycles. The molecule has 0 radical (unpaired) electrons. The summed E-state index contributed by atoms with van der Waals surface area (Å²) in [4.78, 5) is 22.2. The summed E-state index contributed by atoms with van der Waals surface area (Å²) in [5.41, 5.74) is 1.33. The standard InChI is InChI=1S/C15H19NO3/c1-3-11(2)10-16-15(19)13-7-4-12(5-8-13)6-9-14(17)18/h4-9,11H,3,10H2,1-2H3,(H,16,19)(H,17,18). The van der Waals surface area contributed by atoms with Crippen molar-refractivity contribution < 1.29 is 14.7 Å². The molecule has 0 saturated carbocycles. The van der Waals surface area contributed by atoms with E-state index < -0.39 is 5.97 Å². The first-order chi connectivity index (χ1) is 9.02. The molecule has 1 aromatic rings. The Hall–Kier alpha value is -2.10. The van der Waals surface area contributed by atoms with E-state index in [1.165, 1.54) is 6.08 Å². The second-order valence-electron chi connectivity index (χ2n) is 4.52. The van der Waals surface area contributed by atoms with Gasteiger partial charge in [-0.1, -0.05) is 32.4 Å². The van der Waals surface area contributed by atoms with Crippen LogP contribution in [0.4, 0.5) is 0 Å². The molecule has 0 aliphatic heterocycles. The lowest BCUT2D eigenvalue weighted by molar-refractivity contribution is -0.131. The highest BCUT2D eigenvalue weighted by atomic mass is 16.4. The molecule has 0 fully saturated rings. The highest BCUT2D eigenvalue weighted by Crippen LogP contribution is 2.07. The van der Waals surface area contributed by atoms with E-state index >= 15 is 0 Å². The molecule has 1 amide bonds. The average Bonchev–Trinajstić information content (AvgIpc) is 2.42. The van der Waals surface area contributed by atoms with Gasteiger partial charge in [-0.05, 0) is 29.7 Å². The molecule has 102 valence electrons. The van der Waals surface area contributed by atoms with Gasteiger partial charge in [0.15, 0.2) is 0 Å². The van der Waals surface area contributed by atoms with Crippen LogP contribution in [-0.4, -0.2) is 23.5 Å². The first-order valence-corrected chi connectivity index (χ1v) is 6.32. The quantitative estimate of drug-likeness (QED) is 0.773. The van der Waals surface area contributed by atoms with Crippen LogP contribution in [-0.2, 0) is 4.79 Å². The average molecular weight is 261 g/mol. The summed E-state index contributed by atoms with van der Waals surface area (Å²) < 4.78 is 0. The van der Waals surface area contributed by atoms with Crippen LogP contribution < -0.4 is 5.32 Å². The molecule has 0 bridgehead atoms. The van der Waals surface area contributed by atoms with Crippen molar-refractivity contribution in [1.29, 1.82) is 0 Å². The van der Waals surface area contributed by atoms with Gasteiger partial charge in [-0.25, -0.2) is 4.79 Å². The lowest BCUT2D eigenvalue weighted by Gasteiger charge is -2.10. The van der Waals surface area contributed by atoms with E-state index in [4.69, 9.17) is 5.11 Å². The van der Waals surface area contributed by atoms with Crippen molar-refractivity contribution in [1.82, 2.24) is 5.32 Å². The van der Waals surface area contributed by atoms with Crippen LogP contribution in [0.2, 0.25) is 0 Å². The Bertz CT molecular complexity index is 463. The van der Waals surface area contributed by atoms with Crippen LogP contribution in [0.25, 0.3) is 6.08 Å². The number of carbonyl (C=O) groups excluding carboxylic acids is 1. The number of aliphatic carboxylic acids is 1. The molecule has 4 nitrogen and oxygen atoms in total. The molecule has 1 atom stereocenters. The minimum atomic E-state index is -0.990. The van der Waals surface area contributed by atoms with Crippen molar-refractivity contribution in [2.24, 2.45) is 5.92 Å². The molecule has 0 heterocycles. The zero-order chi connectivity index (χ0) is 14.3. The van der Waals surface area contributed by atoms with Crippen molar-refractivity contribution in [2.45, 2.75) is 20.3 Å². The summed E-state index contributed by atoms with van der Waals surface area (Å²) in [5.74, 6) is -0.633. The van der Waals surface area contributed by atoms with Gasteiger partial charge < -0.3 is 10.4 Å². The third kappa shape index (κ3) is 5.38. The largest absolute Gasteiger partial charge is 0.478 e. The van der Waals surface area contributed by atoms with Crippen LogP contribution >= 0.6 is 0 Å². The van der Waals surface area contributed by atoms with E-state index in [9.17, 15) is 9.59 Å². The van der Waals surface area contributed by atoms with Crippen molar-refractivity contribution in [3.8, 4) is 0 Å². The van der Waals surface area contributed by atoms with Gasteiger partial charge in [0.1, 0.15) is 0 Å². The summed E-state index contributed by atoms with van der Waals surface area (Å²) in [5, 5.41) is 11.4. The van der Waals surface area contributed by atoms with Crippen molar-refractivity contribution in [3.63, 3.8) is 0 Å². The molecule has 2 N–H and O–H groups in total. The molecule has 4 heteroatoms. The fraction of sp³-hybridized carbons (Fsp3) is 0.333. The summed E-state index contributed by atoms with van der Waals surface area (Å²) in [6.07, 6.45) is 3.58. The SMILES string of the molecule is CCC(C)CNC(=O)c1ccc(C=CC(=O)O)cc1. The maximum Gasteiger partial charge on any atom is 0.328 e. The first-order valence-electron chi connectivity index (χ1n) is 6.32. The minimum absolute atomic E-state index is 0.103. The summed E-state index contributed by atoms with van der Waals surface area (Å²) >= 11 is 0. The van der Waals surface area contributed by atoms with E-state index in [-0.39, 0.29) is 5.91 Å². The molecule has 0 aromatic heterocycles. The summed E-state index contributed by atoms with van der Waals surface area (Å²) in [6, 6.07) is 6.82. The molecule has 1 unspecified atom stereocenters. The predicted octanol–water partition coefficient (Wildman–Crippen LogP) is 2.56. The first kappa shape index (κ1) is 15.0. The van der Waals surface area contributed by atoms with Crippen LogP contribution in [0.1, 0.15) is 36.2 Å². The van der Waals surface area contributed by atoms with E-state index in [1.54, 1.807) is 24.3 Å². The Morgan fingerprint density at radius 2 is 1.95 bits per heavy atom. The van der Waals surface area contributed by atoms with Gasteiger partial charge in [-0.2, -0.15) is 0 Å². The number of hydrogen-bond donors (Lipinski definition) is 2. The Kier molecular flexibility index (Phi) is 5.79. The Labute approximate surface area is 113 Å². The second kappa shape index (κ2) is 7.36. The highest BCUT2D eigenvalue weighted by molar-refractivity contribution is 5.94. The van der Waals surface area contributed by atoms with Crippen molar-refractivity contribution >= 4 is 18.0 Å². The van der Waals surface area contributed by atoms with Crippen LogP contribution in [0.15, 0.2) is 30.3 Å². The van der Waals surface area contributed by atoms with Gasteiger partial charge in [0, 0.05) is 18.2 Å². The second-order valence-corrected chi connectivity index (χ2v) is 4.52. The van der Waals surface area contributed by atoms with Crippen molar-refractivity contribution in [2.75, 3.05) is 6.54 Å². The fourth-order valence-electron chi connectivity index (χ4n) is 1.43. The number of carboxylic acids is 1. The van der Waals surface area contributed by atoms with Crippen LogP contribution in [0.5, 0.6) is 0 Å². The van der Waals surface area contributed by atoms with E-state index in [0.717, 1.165) is 18.1 Å². The number of amides is 1. The van der Waals surface area contributed by atoms with Gasteiger partial charge >= 0.3 is 5.97 Å². The number of carbonyl (C=O) groups is 2. The number of carboxylic acid groups (broad SMARTS) is 1. The van der Waals surface area contributed by atoms with Crippen molar-refractivity contribution in [3.05, 3.63) is 41.5 Å². The number of hydrogen-bond acceptors (Lipinski definition) is 2. The van der Waals surface area contributed by atoms with Gasteiger partial charge in [-0.3, -0.25) is 4.79 Å². The topological polar surface area (TPSA) is 66.4 Å². The smallest absolute Gasteiger partial charge is 0.328 e. The lowest BCUT2D eigenvalue weighted by Crippen LogP contribution is -2.27. The Morgan fingerprint density at radius 1 is 1.32 bits per heavy atom. The monoisotopic (exact) mass is 261 g/mol. The van der Waals surface area contributed by atoms with Crippen LogP contribution in [0.3, 0.4) is 0 Å².